The summed E-state index contributed by atoms with van der Waals surface area (Å²) in [5.74, 6) is 1.37. The number of anilines is 1. The molecule has 0 saturated heterocycles. The highest BCUT2D eigenvalue weighted by Crippen LogP contribution is 2.33. The Labute approximate surface area is 168 Å². The van der Waals surface area contributed by atoms with Gasteiger partial charge in [-0.05, 0) is 50.2 Å². The minimum Gasteiger partial charge on any atom is -0.496 e. The third-order valence-corrected chi connectivity index (χ3v) is 5.00. The number of rotatable bonds is 7. The molecule has 3 aromatic rings. The van der Waals surface area contributed by atoms with Crippen molar-refractivity contribution in [1.29, 1.82) is 0 Å². The molecule has 1 N–H and O–H groups in total. The zero-order valence-electron chi connectivity index (χ0n) is 16.2. The first-order valence-corrected chi connectivity index (χ1v) is 9.62. The summed E-state index contributed by atoms with van der Waals surface area (Å²) in [6.45, 7) is 4.55. The van der Waals surface area contributed by atoms with Gasteiger partial charge >= 0.3 is 0 Å². The van der Waals surface area contributed by atoms with Crippen LogP contribution in [0, 0.1) is 6.92 Å². The molecule has 0 fully saturated rings. The summed E-state index contributed by atoms with van der Waals surface area (Å²) in [6.07, 6.45) is 0. The van der Waals surface area contributed by atoms with E-state index in [4.69, 9.17) is 14.2 Å². The average Bonchev–Trinajstić information content (AvgIpc) is 3.07. The molecule has 2 aromatic carbocycles. The Morgan fingerprint density at radius 2 is 1.71 bits per heavy atom. The van der Waals surface area contributed by atoms with Crippen molar-refractivity contribution in [3.8, 4) is 28.5 Å². The van der Waals surface area contributed by atoms with Crippen molar-refractivity contribution in [2.24, 2.45) is 0 Å². The summed E-state index contributed by atoms with van der Waals surface area (Å²) >= 11 is 1.42. The Bertz CT molecular complexity index is 945. The van der Waals surface area contributed by atoms with Crippen LogP contribution in [0.2, 0.25) is 0 Å². The number of carbonyl (C=O) groups is 1. The van der Waals surface area contributed by atoms with E-state index >= 15 is 0 Å². The number of thiazole rings is 1. The van der Waals surface area contributed by atoms with Crippen molar-refractivity contribution < 1.29 is 19.0 Å². The highest BCUT2D eigenvalue weighted by Gasteiger charge is 2.20. The SMILES string of the molecule is CCOc1ccc(-c2nc(NC(=O)c3c(OC)cccc3OC)sc2C)cc1. The standard InChI is InChI=1S/C21H22N2O4S/c1-5-27-15-11-9-14(10-12-15)19-13(2)28-21(22-19)23-20(24)18-16(25-3)7-6-8-17(18)26-4/h6-12H,5H2,1-4H3,(H,22,23,24). The molecule has 0 bridgehead atoms. The van der Waals surface area contributed by atoms with E-state index in [9.17, 15) is 4.79 Å². The molecule has 28 heavy (non-hydrogen) atoms. The Morgan fingerprint density at radius 1 is 1.07 bits per heavy atom. The van der Waals surface area contributed by atoms with E-state index in [1.54, 1.807) is 18.2 Å². The van der Waals surface area contributed by atoms with Crippen molar-refractivity contribution in [2.75, 3.05) is 26.1 Å². The van der Waals surface area contributed by atoms with Crippen LogP contribution in [0.1, 0.15) is 22.2 Å². The lowest BCUT2D eigenvalue weighted by atomic mass is 10.1. The molecule has 146 valence electrons. The quantitative estimate of drug-likeness (QED) is 0.620. The number of carbonyl (C=O) groups excluding carboxylic acids is 1. The van der Waals surface area contributed by atoms with E-state index in [2.05, 4.69) is 10.3 Å². The molecule has 7 heteroatoms. The van der Waals surface area contributed by atoms with Gasteiger partial charge < -0.3 is 14.2 Å². The van der Waals surface area contributed by atoms with Crippen LogP contribution in [-0.4, -0.2) is 31.7 Å². The number of methoxy groups -OCH3 is 2. The summed E-state index contributed by atoms with van der Waals surface area (Å²) in [7, 11) is 3.03. The molecular weight excluding hydrogens is 376 g/mol. The third-order valence-electron chi connectivity index (χ3n) is 4.11. The first-order chi connectivity index (χ1) is 13.6. The maximum atomic E-state index is 12.8. The van der Waals surface area contributed by atoms with Gasteiger partial charge in [-0.25, -0.2) is 4.98 Å². The predicted octanol–water partition coefficient (Wildman–Crippen LogP) is 4.79. The molecule has 0 unspecified atom stereocenters. The second-order valence-corrected chi connectivity index (χ2v) is 7.08. The number of nitrogens with zero attached hydrogens (tertiary/aromatic N) is 1. The summed E-state index contributed by atoms with van der Waals surface area (Å²) in [5, 5.41) is 3.37. The first kappa shape index (κ1) is 19.7. The fraction of sp³-hybridized carbons (Fsp3) is 0.238. The zero-order valence-corrected chi connectivity index (χ0v) is 17.1. The Balaban J connectivity index is 1.85. The minimum atomic E-state index is -0.332. The second-order valence-electron chi connectivity index (χ2n) is 5.87. The van der Waals surface area contributed by atoms with Gasteiger partial charge in [0.1, 0.15) is 22.8 Å². The predicted molar refractivity (Wildman–Crippen MR) is 111 cm³/mol. The smallest absolute Gasteiger partial charge is 0.265 e. The van der Waals surface area contributed by atoms with Gasteiger partial charge in [0.15, 0.2) is 5.13 Å². The van der Waals surface area contributed by atoms with Crippen LogP contribution in [0.3, 0.4) is 0 Å². The van der Waals surface area contributed by atoms with Gasteiger partial charge in [0.05, 0.1) is 26.5 Å². The summed E-state index contributed by atoms with van der Waals surface area (Å²) in [4.78, 5) is 18.4. The molecule has 0 aliphatic rings. The molecule has 1 aromatic heterocycles. The van der Waals surface area contributed by atoms with Crippen molar-refractivity contribution >= 4 is 22.4 Å². The zero-order chi connectivity index (χ0) is 20.1. The van der Waals surface area contributed by atoms with E-state index in [1.165, 1.54) is 25.6 Å². The van der Waals surface area contributed by atoms with E-state index in [1.807, 2.05) is 38.1 Å². The molecule has 0 saturated carbocycles. The van der Waals surface area contributed by atoms with Gasteiger partial charge in [0, 0.05) is 10.4 Å². The van der Waals surface area contributed by atoms with E-state index in [-0.39, 0.29) is 5.91 Å². The molecule has 0 atom stereocenters. The summed E-state index contributed by atoms with van der Waals surface area (Å²) in [5.41, 5.74) is 2.13. The van der Waals surface area contributed by atoms with Crippen LogP contribution in [0.5, 0.6) is 17.2 Å². The van der Waals surface area contributed by atoms with Crippen LogP contribution in [0.25, 0.3) is 11.3 Å². The van der Waals surface area contributed by atoms with Crippen LogP contribution in [-0.2, 0) is 0 Å². The Morgan fingerprint density at radius 3 is 2.29 bits per heavy atom. The summed E-state index contributed by atoms with van der Waals surface area (Å²) in [6, 6.07) is 13.0. The normalized spacial score (nSPS) is 10.4. The van der Waals surface area contributed by atoms with E-state index in [0.717, 1.165) is 21.9 Å². The molecule has 3 rings (SSSR count). The van der Waals surface area contributed by atoms with Gasteiger partial charge in [-0.1, -0.05) is 6.07 Å². The van der Waals surface area contributed by atoms with Crippen LogP contribution >= 0.6 is 11.3 Å². The van der Waals surface area contributed by atoms with Gasteiger partial charge in [-0.3, -0.25) is 10.1 Å². The minimum absolute atomic E-state index is 0.332. The third kappa shape index (κ3) is 4.09. The Kier molecular flexibility index (Phi) is 6.16. The maximum Gasteiger partial charge on any atom is 0.265 e. The fourth-order valence-corrected chi connectivity index (χ4v) is 3.66. The highest BCUT2D eigenvalue weighted by atomic mass is 32.1. The van der Waals surface area contributed by atoms with Gasteiger partial charge in [0.2, 0.25) is 0 Å². The van der Waals surface area contributed by atoms with Crippen LogP contribution < -0.4 is 19.5 Å². The molecule has 6 nitrogen and oxygen atoms in total. The first-order valence-electron chi connectivity index (χ1n) is 8.80. The molecule has 0 spiro atoms. The lowest BCUT2D eigenvalue weighted by Crippen LogP contribution is -2.14. The molecule has 1 amide bonds. The van der Waals surface area contributed by atoms with Crippen LogP contribution in [0.4, 0.5) is 5.13 Å². The number of hydrogen-bond donors (Lipinski definition) is 1. The number of amides is 1. The molecule has 0 aliphatic carbocycles. The maximum absolute atomic E-state index is 12.8. The van der Waals surface area contributed by atoms with E-state index in [0.29, 0.717) is 28.8 Å². The summed E-state index contributed by atoms with van der Waals surface area (Å²) < 4.78 is 16.1. The number of hydrogen-bond acceptors (Lipinski definition) is 6. The van der Waals surface area contributed by atoms with Crippen LogP contribution in [0.15, 0.2) is 42.5 Å². The highest BCUT2D eigenvalue weighted by molar-refractivity contribution is 7.16. The number of nitrogens with one attached hydrogen (secondary N) is 1. The van der Waals surface area contributed by atoms with E-state index < -0.39 is 0 Å². The van der Waals surface area contributed by atoms with Gasteiger partial charge in [-0.2, -0.15) is 0 Å². The molecule has 0 radical (unpaired) electrons. The number of aromatic nitrogens is 1. The number of benzene rings is 2. The lowest BCUT2D eigenvalue weighted by Gasteiger charge is -2.11. The van der Waals surface area contributed by atoms with Gasteiger partial charge in [0.25, 0.3) is 5.91 Å². The van der Waals surface area contributed by atoms with Crippen molar-refractivity contribution in [3.63, 3.8) is 0 Å². The van der Waals surface area contributed by atoms with Crippen molar-refractivity contribution in [3.05, 3.63) is 52.9 Å². The lowest BCUT2D eigenvalue weighted by molar-refractivity contribution is 0.102. The number of aryl methyl sites for hydroxylation is 1. The molecule has 1 heterocycles. The molecular formula is C21H22N2O4S. The number of ether oxygens (including phenoxy) is 3. The van der Waals surface area contributed by atoms with Crippen molar-refractivity contribution in [2.45, 2.75) is 13.8 Å². The van der Waals surface area contributed by atoms with Gasteiger partial charge in [-0.15, -0.1) is 11.3 Å². The Hall–Kier alpha value is -3.06. The average molecular weight is 398 g/mol. The van der Waals surface area contributed by atoms with Crippen molar-refractivity contribution in [1.82, 2.24) is 4.98 Å². The monoisotopic (exact) mass is 398 g/mol. The second kappa shape index (κ2) is 8.75. The largest absolute Gasteiger partial charge is 0.496 e. The fourth-order valence-electron chi connectivity index (χ4n) is 2.83. The topological polar surface area (TPSA) is 69.7 Å². The molecule has 0 aliphatic heterocycles.